The Morgan fingerprint density at radius 3 is 2.72 bits per heavy atom. The van der Waals surface area contributed by atoms with E-state index in [1.807, 2.05) is 41.9 Å². The molecule has 3 aromatic rings. The summed E-state index contributed by atoms with van der Waals surface area (Å²) in [4.78, 5) is 16.7. The van der Waals surface area contributed by atoms with Gasteiger partial charge in [0.05, 0.1) is 24.6 Å². The molecule has 0 saturated heterocycles. The molecule has 5 nitrogen and oxygen atoms in total. The number of nitrogens with one attached hydrogen (secondary N) is 1. The van der Waals surface area contributed by atoms with Gasteiger partial charge in [0.25, 0.3) is 0 Å². The number of aryl methyl sites for hydroxylation is 1. The molecule has 1 heterocycles. The first-order chi connectivity index (χ1) is 12.1. The van der Waals surface area contributed by atoms with Crippen molar-refractivity contribution in [2.45, 2.75) is 12.8 Å². The van der Waals surface area contributed by atoms with Gasteiger partial charge in [0, 0.05) is 31.1 Å². The number of hydrogen-bond acceptors (Lipinski definition) is 3. The van der Waals surface area contributed by atoms with E-state index in [1.54, 1.807) is 19.2 Å². The molecule has 3 rings (SSSR count). The van der Waals surface area contributed by atoms with Crippen molar-refractivity contribution in [1.82, 2.24) is 14.9 Å². The minimum atomic E-state index is -0.0113. The van der Waals surface area contributed by atoms with Gasteiger partial charge >= 0.3 is 0 Å². The molecule has 0 saturated carbocycles. The Morgan fingerprint density at radius 1 is 1.24 bits per heavy atom. The fourth-order valence-corrected chi connectivity index (χ4v) is 2.87. The van der Waals surface area contributed by atoms with Gasteiger partial charge < -0.3 is 14.6 Å². The molecule has 0 aliphatic carbocycles. The summed E-state index contributed by atoms with van der Waals surface area (Å²) >= 11 is 5.85. The van der Waals surface area contributed by atoms with Crippen LogP contribution in [0.1, 0.15) is 11.4 Å². The molecule has 1 aromatic heterocycles. The first-order valence-electron chi connectivity index (χ1n) is 8.07. The molecule has 6 heteroatoms. The first kappa shape index (κ1) is 17.3. The summed E-state index contributed by atoms with van der Waals surface area (Å²) in [7, 11) is 3.62. The first-order valence-corrected chi connectivity index (χ1v) is 8.45. The van der Waals surface area contributed by atoms with Crippen molar-refractivity contribution in [3.8, 4) is 5.75 Å². The molecular weight excluding hydrogens is 338 g/mol. The van der Waals surface area contributed by atoms with Crippen LogP contribution in [0.15, 0.2) is 42.5 Å². The number of fused-ring (bicyclic) bond motifs is 1. The van der Waals surface area contributed by atoms with Gasteiger partial charge in [0.15, 0.2) is 0 Å². The molecule has 1 amide bonds. The molecule has 0 aliphatic rings. The molecule has 0 fully saturated rings. The number of carbonyl (C=O) groups is 1. The third kappa shape index (κ3) is 4.12. The normalized spacial score (nSPS) is 10.8. The molecule has 1 N–H and O–H groups in total. The lowest BCUT2D eigenvalue weighted by molar-refractivity contribution is -0.120. The third-order valence-electron chi connectivity index (χ3n) is 4.13. The number of hydrogen-bond donors (Lipinski definition) is 1. The van der Waals surface area contributed by atoms with Gasteiger partial charge in [-0.15, -0.1) is 0 Å². The topological polar surface area (TPSA) is 56.1 Å². The zero-order chi connectivity index (χ0) is 17.8. The third-order valence-corrected chi connectivity index (χ3v) is 4.38. The Labute approximate surface area is 151 Å². The SMILES string of the molecule is COc1ccc2c(c1)nc(CCNC(=O)Cc1ccc(Cl)cc1)n2C. The van der Waals surface area contributed by atoms with Gasteiger partial charge in [-0.25, -0.2) is 4.98 Å². The highest BCUT2D eigenvalue weighted by atomic mass is 35.5. The maximum Gasteiger partial charge on any atom is 0.224 e. The van der Waals surface area contributed by atoms with Crippen LogP contribution in [0, 0.1) is 0 Å². The quantitative estimate of drug-likeness (QED) is 0.737. The standard InChI is InChI=1S/C19H20ClN3O2/c1-23-17-8-7-15(25-2)12-16(17)22-18(23)9-10-21-19(24)11-13-3-5-14(20)6-4-13/h3-8,12H,9-11H2,1-2H3,(H,21,24). The molecule has 0 bridgehead atoms. The number of rotatable bonds is 6. The van der Waals surface area contributed by atoms with Crippen molar-refractivity contribution < 1.29 is 9.53 Å². The van der Waals surface area contributed by atoms with E-state index in [9.17, 15) is 4.79 Å². The molecular formula is C19H20ClN3O2. The Hall–Kier alpha value is -2.53. The summed E-state index contributed by atoms with van der Waals surface area (Å²) in [5.74, 6) is 1.70. The Bertz CT molecular complexity index is 888. The Morgan fingerprint density at radius 2 is 2.00 bits per heavy atom. The summed E-state index contributed by atoms with van der Waals surface area (Å²) in [6.07, 6.45) is 1.01. The van der Waals surface area contributed by atoms with Crippen LogP contribution in [-0.4, -0.2) is 29.1 Å². The predicted octanol–water partition coefficient (Wildman–Crippen LogP) is 3.14. The minimum Gasteiger partial charge on any atom is -0.497 e. The number of amides is 1. The van der Waals surface area contributed by atoms with E-state index in [2.05, 4.69) is 10.3 Å². The van der Waals surface area contributed by atoms with Gasteiger partial charge in [-0.1, -0.05) is 23.7 Å². The molecule has 130 valence electrons. The molecule has 0 unspecified atom stereocenters. The summed E-state index contributed by atoms with van der Waals surface area (Å²) in [6, 6.07) is 13.1. The van der Waals surface area contributed by atoms with Gasteiger partial charge in [0.2, 0.25) is 5.91 Å². The highest BCUT2D eigenvalue weighted by molar-refractivity contribution is 6.30. The Balaban J connectivity index is 1.58. The van der Waals surface area contributed by atoms with Crippen molar-refractivity contribution in [1.29, 1.82) is 0 Å². The van der Waals surface area contributed by atoms with Crippen LogP contribution in [0.3, 0.4) is 0 Å². The molecule has 0 spiro atoms. The lowest BCUT2D eigenvalue weighted by atomic mass is 10.1. The van der Waals surface area contributed by atoms with E-state index in [1.165, 1.54) is 0 Å². The monoisotopic (exact) mass is 357 g/mol. The number of imidazole rings is 1. The summed E-state index contributed by atoms with van der Waals surface area (Å²) in [5.41, 5.74) is 2.88. The molecule has 0 atom stereocenters. The molecule has 0 aliphatic heterocycles. The number of nitrogens with zero attached hydrogens (tertiary/aromatic N) is 2. The number of carbonyl (C=O) groups excluding carboxylic acids is 1. The Kier molecular flexibility index (Phi) is 5.24. The number of methoxy groups -OCH3 is 1. The smallest absolute Gasteiger partial charge is 0.224 e. The van der Waals surface area contributed by atoms with Crippen LogP contribution in [-0.2, 0) is 24.7 Å². The average Bonchev–Trinajstić information content (AvgIpc) is 2.92. The van der Waals surface area contributed by atoms with Crippen molar-refractivity contribution in [3.63, 3.8) is 0 Å². The summed E-state index contributed by atoms with van der Waals surface area (Å²) in [6.45, 7) is 0.542. The van der Waals surface area contributed by atoms with E-state index in [0.717, 1.165) is 28.2 Å². The average molecular weight is 358 g/mol. The van der Waals surface area contributed by atoms with E-state index < -0.39 is 0 Å². The maximum atomic E-state index is 12.0. The fraction of sp³-hybridized carbons (Fsp3) is 0.263. The van der Waals surface area contributed by atoms with Crippen LogP contribution >= 0.6 is 11.6 Å². The minimum absolute atomic E-state index is 0.0113. The number of aromatic nitrogens is 2. The van der Waals surface area contributed by atoms with Crippen LogP contribution in [0.2, 0.25) is 5.02 Å². The van der Waals surface area contributed by atoms with Gasteiger partial charge in [-0.3, -0.25) is 4.79 Å². The highest BCUT2D eigenvalue weighted by Gasteiger charge is 2.09. The summed E-state index contributed by atoms with van der Waals surface area (Å²) in [5, 5.41) is 3.61. The lowest BCUT2D eigenvalue weighted by Gasteiger charge is -2.06. The molecule has 2 aromatic carbocycles. The van der Waals surface area contributed by atoms with Gasteiger partial charge in [-0.05, 0) is 29.8 Å². The second-order valence-corrected chi connectivity index (χ2v) is 6.28. The maximum absolute atomic E-state index is 12.0. The van der Waals surface area contributed by atoms with Crippen molar-refractivity contribution >= 4 is 28.5 Å². The van der Waals surface area contributed by atoms with E-state index >= 15 is 0 Å². The molecule has 0 radical (unpaired) electrons. The van der Waals surface area contributed by atoms with Crippen LogP contribution in [0.5, 0.6) is 5.75 Å². The van der Waals surface area contributed by atoms with Gasteiger partial charge in [0.1, 0.15) is 11.6 Å². The van der Waals surface area contributed by atoms with E-state index in [-0.39, 0.29) is 5.91 Å². The fourth-order valence-electron chi connectivity index (χ4n) is 2.74. The lowest BCUT2D eigenvalue weighted by Crippen LogP contribution is -2.27. The van der Waals surface area contributed by atoms with Crippen LogP contribution in [0.25, 0.3) is 11.0 Å². The zero-order valence-corrected chi connectivity index (χ0v) is 15.0. The van der Waals surface area contributed by atoms with Crippen molar-refractivity contribution in [3.05, 3.63) is 58.9 Å². The van der Waals surface area contributed by atoms with Crippen molar-refractivity contribution in [2.75, 3.05) is 13.7 Å². The van der Waals surface area contributed by atoms with E-state index in [0.29, 0.717) is 24.4 Å². The van der Waals surface area contributed by atoms with Gasteiger partial charge in [-0.2, -0.15) is 0 Å². The largest absolute Gasteiger partial charge is 0.497 e. The van der Waals surface area contributed by atoms with Crippen LogP contribution in [0.4, 0.5) is 0 Å². The second-order valence-electron chi connectivity index (χ2n) is 5.84. The number of benzene rings is 2. The number of ether oxygens (including phenoxy) is 1. The highest BCUT2D eigenvalue weighted by Crippen LogP contribution is 2.21. The zero-order valence-electron chi connectivity index (χ0n) is 14.3. The number of halogens is 1. The summed E-state index contributed by atoms with van der Waals surface area (Å²) < 4.78 is 7.28. The molecule has 25 heavy (non-hydrogen) atoms. The second kappa shape index (κ2) is 7.57. The van der Waals surface area contributed by atoms with Crippen molar-refractivity contribution in [2.24, 2.45) is 7.05 Å². The van der Waals surface area contributed by atoms with Crippen LogP contribution < -0.4 is 10.1 Å². The predicted molar refractivity (Wildman–Crippen MR) is 99.1 cm³/mol. The van der Waals surface area contributed by atoms with E-state index in [4.69, 9.17) is 16.3 Å².